The Labute approximate surface area is 203 Å². The summed E-state index contributed by atoms with van der Waals surface area (Å²) in [5.41, 5.74) is 4.32. The average molecular weight is 470 g/mol. The molecule has 0 amide bonds. The van der Waals surface area contributed by atoms with Gasteiger partial charge in [0.2, 0.25) is 5.88 Å². The molecular formula is C28H27N3O4. The number of hydrogen-bond donors (Lipinski definition) is 1. The van der Waals surface area contributed by atoms with Gasteiger partial charge >= 0.3 is 6.16 Å². The molecule has 7 nitrogen and oxygen atoms in total. The number of aromatic nitrogens is 3. The van der Waals surface area contributed by atoms with Gasteiger partial charge in [-0.25, -0.2) is 4.79 Å². The third-order valence-electron chi connectivity index (χ3n) is 6.40. The van der Waals surface area contributed by atoms with Crippen molar-refractivity contribution in [3.63, 3.8) is 0 Å². The van der Waals surface area contributed by atoms with Crippen LogP contribution in [-0.4, -0.2) is 32.2 Å². The van der Waals surface area contributed by atoms with E-state index in [1.54, 1.807) is 4.68 Å². The van der Waals surface area contributed by atoms with Crippen LogP contribution in [0, 0.1) is 13.8 Å². The molecule has 0 aliphatic heterocycles. The quantitative estimate of drug-likeness (QED) is 0.222. The van der Waals surface area contributed by atoms with Crippen molar-refractivity contribution < 1.29 is 19.4 Å². The first-order valence-electron chi connectivity index (χ1n) is 11.6. The predicted octanol–water partition coefficient (Wildman–Crippen LogP) is 6.34. The van der Waals surface area contributed by atoms with Crippen LogP contribution in [0.3, 0.4) is 0 Å². The molecular weight excluding hydrogens is 442 g/mol. The van der Waals surface area contributed by atoms with Crippen molar-refractivity contribution in [2.24, 2.45) is 7.05 Å². The lowest BCUT2D eigenvalue weighted by molar-refractivity contribution is 0.141. The fraction of sp³-hybridized carbons (Fsp3) is 0.214. The minimum absolute atomic E-state index is 0.308. The van der Waals surface area contributed by atoms with Gasteiger partial charge in [0.15, 0.2) is 0 Å². The van der Waals surface area contributed by atoms with E-state index in [0.717, 1.165) is 49.9 Å². The molecule has 0 aliphatic carbocycles. The Bertz CT molecular complexity index is 1540. The molecule has 0 atom stereocenters. The summed E-state index contributed by atoms with van der Waals surface area (Å²) in [6, 6.07) is 22.0. The van der Waals surface area contributed by atoms with Crippen molar-refractivity contribution in [1.82, 2.24) is 14.3 Å². The highest BCUT2D eigenvalue weighted by molar-refractivity contribution is 6.01. The molecule has 0 bridgehead atoms. The van der Waals surface area contributed by atoms with Gasteiger partial charge in [-0.15, -0.1) is 0 Å². The fourth-order valence-corrected chi connectivity index (χ4v) is 4.79. The Balaban J connectivity index is 1.49. The van der Waals surface area contributed by atoms with E-state index in [9.17, 15) is 9.90 Å². The summed E-state index contributed by atoms with van der Waals surface area (Å²) in [5, 5.41) is 17.2. The summed E-state index contributed by atoms with van der Waals surface area (Å²) in [6.07, 6.45) is -0.677. The monoisotopic (exact) mass is 469 g/mol. The lowest BCUT2D eigenvalue weighted by Gasteiger charge is -2.13. The number of nitrogens with zero attached hydrogens (tertiary/aromatic N) is 3. The molecule has 7 heteroatoms. The van der Waals surface area contributed by atoms with E-state index >= 15 is 0 Å². The van der Waals surface area contributed by atoms with Crippen molar-refractivity contribution in [3.8, 4) is 22.8 Å². The van der Waals surface area contributed by atoms with Crippen LogP contribution in [0.4, 0.5) is 4.79 Å². The van der Waals surface area contributed by atoms with Crippen LogP contribution in [-0.2, 0) is 13.6 Å². The van der Waals surface area contributed by atoms with Crippen LogP contribution < -0.4 is 9.47 Å². The zero-order valence-electron chi connectivity index (χ0n) is 20.0. The Morgan fingerprint density at radius 2 is 1.66 bits per heavy atom. The van der Waals surface area contributed by atoms with Gasteiger partial charge in [0.05, 0.1) is 23.4 Å². The molecule has 5 aromatic rings. The van der Waals surface area contributed by atoms with Crippen LogP contribution in [0.15, 0.2) is 66.7 Å². The van der Waals surface area contributed by atoms with Crippen molar-refractivity contribution in [2.45, 2.75) is 26.8 Å². The topological polar surface area (TPSA) is 78.5 Å². The molecule has 2 heterocycles. The van der Waals surface area contributed by atoms with E-state index in [1.807, 2.05) is 80.1 Å². The number of ether oxygens (including phenoxy) is 2. The predicted molar refractivity (Wildman–Crippen MR) is 136 cm³/mol. The summed E-state index contributed by atoms with van der Waals surface area (Å²) in [6.45, 7) is 4.92. The van der Waals surface area contributed by atoms with Crippen LogP contribution in [0.1, 0.15) is 17.8 Å². The van der Waals surface area contributed by atoms with E-state index in [4.69, 9.17) is 9.47 Å². The van der Waals surface area contributed by atoms with E-state index in [1.165, 1.54) is 0 Å². The highest BCUT2D eigenvalue weighted by atomic mass is 16.7. The minimum Gasteiger partial charge on any atom is -0.493 e. The first kappa shape index (κ1) is 22.5. The lowest BCUT2D eigenvalue weighted by atomic mass is 10.0. The number of rotatable bonds is 7. The lowest BCUT2D eigenvalue weighted by Crippen LogP contribution is -2.11. The Hall–Kier alpha value is -4.26. The zero-order valence-corrected chi connectivity index (χ0v) is 20.0. The number of carbonyl (C=O) groups is 1. The molecule has 2 aromatic heterocycles. The molecule has 1 N–H and O–H groups in total. The van der Waals surface area contributed by atoms with Gasteiger partial charge < -0.3 is 19.1 Å². The normalized spacial score (nSPS) is 11.3. The van der Waals surface area contributed by atoms with Crippen LogP contribution in [0.2, 0.25) is 0 Å². The zero-order chi connectivity index (χ0) is 24.5. The standard InChI is InChI=1S/C28H27N3O4/c1-18-25(19(2)30(3)29-18)26-22-13-6-7-14-23(22)31(27(26)35-28(32)33)16-9-17-34-24-15-8-11-20-10-4-5-12-21(20)24/h4-8,10-15H,9,16-17H2,1-3H3,(H,32,33). The molecule has 0 aliphatic rings. The number of para-hydroxylation sites is 1. The minimum atomic E-state index is -1.35. The summed E-state index contributed by atoms with van der Waals surface area (Å²) in [7, 11) is 1.88. The van der Waals surface area contributed by atoms with Crippen molar-refractivity contribution in [3.05, 3.63) is 78.1 Å². The number of benzene rings is 3. The molecule has 5 rings (SSSR count). The summed E-state index contributed by atoms with van der Waals surface area (Å²) in [4.78, 5) is 11.7. The van der Waals surface area contributed by atoms with Crippen molar-refractivity contribution in [2.75, 3.05) is 6.61 Å². The molecule has 0 saturated carbocycles. The van der Waals surface area contributed by atoms with Gasteiger partial charge in [-0.3, -0.25) is 4.68 Å². The third kappa shape index (κ3) is 4.10. The number of fused-ring (bicyclic) bond motifs is 2. The maximum atomic E-state index is 11.7. The number of carboxylic acid groups (broad SMARTS) is 1. The van der Waals surface area contributed by atoms with E-state index in [2.05, 4.69) is 17.2 Å². The fourth-order valence-electron chi connectivity index (χ4n) is 4.79. The molecule has 0 unspecified atom stereocenters. The Morgan fingerprint density at radius 3 is 2.40 bits per heavy atom. The maximum absolute atomic E-state index is 11.7. The van der Waals surface area contributed by atoms with Crippen molar-refractivity contribution >= 4 is 27.8 Å². The van der Waals surface area contributed by atoms with Crippen LogP contribution in [0.25, 0.3) is 32.8 Å². The summed E-state index contributed by atoms with van der Waals surface area (Å²) >= 11 is 0. The van der Waals surface area contributed by atoms with E-state index in [-0.39, 0.29) is 0 Å². The van der Waals surface area contributed by atoms with Gasteiger partial charge in [-0.05, 0) is 37.8 Å². The van der Waals surface area contributed by atoms with Crippen LogP contribution in [0.5, 0.6) is 11.6 Å². The Kier molecular flexibility index (Phi) is 5.91. The van der Waals surface area contributed by atoms with Gasteiger partial charge in [-0.1, -0.05) is 54.6 Å². The first-order valence-corrected chi connectivity index (χ1v) is 11.6. The third-order valence-corrected chi connectivity index (χ3v) is 6.40. The SMILES string of the molecule is Cc1nn(C)c(C)c1-c1c(OC(=O)O)n(CCCOc2cccc3ccccc23)c2ccccc12. The molecule has 35 heavy (non-hydrogen) atoms. The number of aryl methyl sites for hydroxylation is 3. The molecule has 178 valence electrons. The van der Waals surface area contributed by atoms with Crippen LogP contribution >= 0.6 is 0 Å². The van der Waals surface area contributed by atoms with E-state index < -0.39 is 6.16 Å². The smallest absolute Gasteiger partial charge is 0.493 e. The first-order chi connectivity index (χ1) is 17.0. The van der Waals surface area contributed by atoms with Gasteiger partial charge in [0, 0.05) is 35.6 Å². The highest BCUT2D eigenvalue weighted by Gasteiger charge is 2.26. The highest BCUT2D eigenvalue weighted by Crippen LogP contribution is 2.43. The summed E-state index contributed by atoms with van der Waals surface area (Å²) < 4.78 is 15.3. The average Bonchev–Trinajstić information content (AvgIpc) is 3.27. The maximum Gasteiger partial charge on any atom is 0.512 e. The molecule has 0 fully saturated rings. The summed E-state index contributed by atoms with van der Waals surface area (Å²) in [5.74, 6) is 1.15. The van der Waals surface area contributed by atoms with E-state index in [0.29, 0.717) is 25.5 Å². The second-order valence-corrected chi connectivity index (χ2v) is 8.57. The Morgan fingerprint density at radius 1 is 0.943 bits per heavy atom. The van der Waals surface area contributed by atoms with Gasteiger partial charge in [-0.2, -0.15) is 5.10 Å². The molecule has 0 saturated heterocycles. The molecule has 3 aromatic carbocycles. The molecule has 0 spiro atoms. The van der Waals surface area contributed by atoms with Crippen molar-refractivity contribution in [1.29, 1.82) is 0 Å². The van der Waals surface area contributed by atoms with Gasteiger partial charge in [0.1, 0.15) is 5.75 Å². The largest absolute Gasteiger partial charge is 0.512 e. The second-order valence-electron chi connectivity index (χ2n) is 8.57. The number of hydrogen-bond acceptors (Lipinski definition) is 4. The molecule has 0 radical (unpaired) electrons. The second kappa shape index (κ2) is 9.18. The van der Waals surface area contributed by atoms with Gasteiger partial charge in [0.25, 0.3) is 0 Å².